The Bertz CT molecular complexity index is 743. The molecule has 1 atom stereocenters. The summed E-state index contributed by atoms with van der Waals surface area (Å²) >= 11 is 0. The minimum Gasteiger partial charge on any atom is -0.338 e. The lowest BCUT2D eigenvalue weighted by molar-refractivity contribution is 0.204. The molecule has 1 aromatic carbocycles. The first kappa shape index (κ1) is 16.1. The highest BCUT2D eigenvalue weighted by Crippen LogP contribution is 2.33. The average molecular weight is 335 g/mol. The van der Waals surface area contributed by atoms with E-state index in [9.17, 15) is 8.42 Å². The normalized spacial score (nSPS) is 19.8. The highest BCUT2D eigenvalue weighted by atomic mass is 32.2. The molecular formula is C16H21N3O3S. The Kier molecular flexibility index (Phi) is 4.77. The average Bonchev–Trinajstić information content (AvgIpc) is 3.04. The van der Waals surface area contributed by atoms with Crippen LogP contribution in [0.2, 0.25) is 0 Å². The summed E-state index contributed by atoms with van der Waals surface area (Å²) in [6.07, 6.45) is 3.22. The number of sulfonamides is 1. The molecule has 1 fully saturated rings. The number of aromatic nitrogens is 2. The minimum atomic E-state index is -3.43. The molecule has 1 aliphatic rings. The topological polar surface area (TPSA) is 76.3 Å². The smallest absolute Gasteiger partial charge is 0.245 e. The summed E-state index contributed by atoms with van der Waals surface area (Å²) in [5.74, 6) is 1.03. The highest BCUT2D eigenvalue weighted by molar-refractivity contribution is 7.88. The zero-order valence-electron chi connectivity index (χ0n) is 13.2. The van der Waals surface area contributed by atoms with E-state index in [1.165, 1.54) is 4.31 Å². The molecule has 0 amide bonds. The fraction of sp³-hybridized carbons (Fsp3) is 0.500. The van der Waals surface area contributed by atoms with Crippen molar-refractivity contribution in [3.05, 3.63) is 47.6 Å². The summed E-state index contributed by atoms with van der Waals surface area (Å²) in [7, 11) is -3.43. The molecule has 0 aliphatic carbocycles. The summed E-state index contributed by atoms with van der Waals surface area (Å²) in [6.45, 7) is 2.45. The molecular weight excluding hydrogens is 314 g/mol. The number of hydrogen-bond donors (Lipinski definition) is 0. The molecule has 3 rings (SSSR count). The number of rotatable bonds is 5. The van der Waals surface area contributed by atoms with Gasteiger partial charge < -0.3 is 4.52 Å². The maximum absolute atomic E-state index is 12.9. The van der Waals surface area contributed by atoms with Crippen LogP contribution in [0.1, 0.15) is 49.5 Å². The highest BCUT2D eigenvalue weighted by Gasteiger charge is 2.36. The molecule has 6 nitrogen and oxygen atoms in total. The first-order chi connectivity index (χ1) is 11.1. The molecule has 0 bridgehead atoms. The van der Waals surface area contributed by atoms with E-state index in [1.807, 2.05) is 37.3 Å². The third-order valence-electron chi connectivity index (χ3n) is 4.09. The number of nitrogens with zero attached hydrogens (tertiary/aromatic N) is 3. The van der Waals surface area contributed by atoms with Gasteiger partial charge in [-0.25, -0.2) is 8.42 Å². The van der Waals surface area contributed by atoms with Gasteiger partial charge in [0.1, 0.15) is 6.04 Å². The van der Waals surface area contributed by atoms with Crippen molar-refractivity contribution in [2.75, 3.05) is 6.54 Å². The molecule has 1 aliphatic heterocycles. The van der Waals surface area contributed by atoms with Gasteiger partial charge in [0.2, 0.25) is 15.9 Å². The van der Waals surface area contributed by atoms with Crippen molar-refractivity contribution in [1.82, 2.24) is 14.4 Å². The van der Waals surface area contributed by atoms with E-state index in [0.29, 0.717) is 24.7 Å². The van der Waals surface area contributed by atoms with Gasteiger partial charge in [0, 0.05) is 13.0 Å². The Morgan fingerprint density at radius 1 is 1.26 bits per heavy atom. The van der Waals surface area contributed by atoms with Crippen molar-refractivity contribution in [2.45, 2.75) is 44.4 Å². The molecule has 1 saturated heterocycles. The van der Waals surface area contributed by atoms with Gasteiger partial charge in [-0.1, -0.05) is 48.8 Å². The first-order valence-electron chi connectivity index (χ1n) is 7.96. The van der Waals surface area contributed by atoms with Gasteiger partial charge in [-0.3, -0.25) is 0 Å². The molecule has 7 heteroatoms. The van der Waals surface area contributed by atoms with Crippen LogP contribution in [0.3, 0.4) is 0 Å². The van der Waals surface area contributed by atoms with E-state index in [-0.39, 0.29) is 11.8 Å². The SMILES string of the molecule is CCc1noc([C@H]2CCCCN2S(=O)(=O)Cc2ccccc2)n1. The largest absolute Gasteiger partial charge is 0.338 e. The fourth-order valence-corrected chi connectivity index (χ4v) is 4.67. The number of hydrogen-bond acceptors (Lipinski definition) is 5. The van der Waals surface area contributed by atoms with Crippen LogP contribution in [0.15, 0.2) is 34.9 Å². The Labute approximate surface area is 136 Å². The van der Waals surface area contributed by atoms with Crippen LogP contribution >= 0.6 is 0 Å². The van der Waals surface area contributed by atoms with Crippen molar-refractivity contribution < 1.29 is 12.9 Å². The third-order valence-corrected chi connectivity index (χ3v) is 5.94. The second-order valence-corrected chi connectivity index (χ2v) is 7.69. The van der Waals surface area contributed by atoms with Crippen LogP contribution in [-0.2, 0) is 22.2 Å². The number of piperidine rings is 1. The lowest BCUT2D eigenvalue weighted by Gasteiger charge is -2.32. The van der Waals surface area contributed by atoms with E-state index in [0.717, 1.165) is 24.8 Å². The Morgan fingerprint density at radius 3 is 2.74 bits per heavy atom. The summed E-state index contributed by atoms with van der Waals surface area (Å²) in [4.78, 5) is 4.34. The monoisotopic (exact) mass is 335 g/mol. The van der Waals surface area contributed by atoms with Crippen molar-refractivity contribution in [3.63, 3.8) is 0 Å². The van der Waals surface area contributed by atoms with Gasteiger partial charge in [-0.05, 0) is 18.4 Å². The van der Waals surface area contributed by atoms with Crippen LogP contribution in [-0.4, -0.2) is 29.4 Å². The fourth-order valence-electron chi connectivity index (χ4n) is 2.90. The summed E-state index contributed by atoms with van der Waals surface area (Å²) in [6, 6.07) is 8.90. The van der Waals surface area contributed by atoms with Gasteiger partial charge >= 0.3 is 0 Å². The number of aryl methyl sites for hydroxylation is 1. The quantitative estimate of drug-likeness (QED) is 0.839. The van der Waals surface area contributed by atoms with Gasteiger partial charge in [0.25, 0.3) is 0 Å². The van der Waals surface area contributed by atoms with Crippen LogP contribution in [0, 0.1) is 0 Å². The molecule has 124 valence electrons. The molecule has 0 spiro atoms. The Hall–Kier alpha value is -1.73. The molecule has 0 N–H and O–H groups in total. The summed E-state index contributed by atoms with van der Waals surface area (Å²) in [5, 5.41) is 3.90. The van der Waals surface area contributed by atoms with Crippen molar-refractivity contribution in [1.29, 1.82) is 0 Å². The lowest BCUT2D eigenvalue weighted by atomic mass is 10.1. The zero-order chi connectivity index (χ0) is 16.3. The number of benzene rings is 1. The second kappa shape index (κ2) is 6.80. The molecule has 23 heavy (non-hydrogen) atoms. The molecule has 2 heterocycles. The summed E-state index contributed by atoms with van der Waals surface area (Å²) in [5.41, 5.74) is 0.789. The van der Waals surface area contributed by atoms with Gasteiger partial charge in [-0.2, -0.15) is 9.29 Å². The van der Waals surface area contributed by atoms with Gasteiger partial charge in [-0.15, -0.1) is 0 Å². The van der Waals surface area contributed by atoms with E-state index < -0.39 is 10.0 Å². The predicted octanol–water partition coefficient (Wildman–Crippen LogP) is 2.69. The van der Waals surface area contributed by atoms with Crippen LogP contribution in [0.4, 0.5) is 0 Å². The van der Waals surface area contributed by atoms with Crippen molar-refractivity contribution in [3.8, 4) is 0 Å². The molecule has 1 aromatic heterocycles. The lowest BCUT2D eigenvalue weighted by Crippen LogP contribution is -2.39. The zero-order valence-corrected chi connectivity index (χ0v) is 14.0. The van der Waals surface area contributed by atoms with Crippen LogP contribution < -0.4 is 0 Å². The molecule has 2 aromatic rings. The van der Waals surface area contributed by atoms with Crippen LogP contribution in [0.5, 0.6) is 0 Å². The maximum Gasteiger partial charge on any atom is 0.245 e. The Balaban J connectivity index is 1.85. The van der Waals surface area contributed by atoms with Crippen molar-refractivity contribution >= 4 is 10.0 Å². The van der Waals surface area contributed by atoms with Gasteiger partial charge in [0.15, 0.2) is 5.82 Å². The van der Waals surface area contributed by atoms with Gasteiger partial charge in [0.05, 0.1) is 5.75 Å². The Morgan fingerprint density at radius 2 is 2.04 bits per heavy atom. The predicted molar refractivity (Wildman–Crippen MR) is 86.0 cm³/mol. The van der Waals surface area contributed by atoms with E-state index in [4.69, 9.17) is 4.52 Å². The molecule has 0 unspecified atom stereocenters. The van der Waals surface area contributed by atoms with Crippen molar-refractivity contribution in [2.24, 2.45) is 0 Å². The third kappa shape index (κ3) is 3.61. The molecule has 0 radical (unpaired) electrons. The van der Waals surface area contributed by atoms with E-state index in [1.54, 1.807) is 0 Å². The molecule has 0 saturated carbocycles. The minimum absolute atomic E-state index is 0.000881. The van der Waals surface area contributed by atoms with E-state index >= 15 is 0 Å². The van der Waals surface area contributed by atoms with E-state index in [2.05, 4.69) is 10.1 Å². The second-order valence-electron chi connectivity index (χ2n) is 5.77. The summed E-state index contributed by atoms with van der Waals surface area (Å²) < 4.78 is 32.5. The first-order valence-corrected chi connectivity index (χ1v) is 9.57. The van der Waals surface area contributed by atoms with Crippen LogP contribution in [0.25, 0.3) is 0 Å². The standard InChI is InChI=1S/C16H21N3O3S/c1-2-15-17-16(22-18-15)14-10-6-7-11-19(14)23(20,21)12-13-8-4-3-5-9-13/h3-5,8-9,14H,2,6-7,10-12H2,1H3/t14-/m1/s1. The maximum atomic E-state index is 12.9.